The van der Waals surface area contributed by atoms with Crippen molar-refractivity contribution >= 4 is 23.4 Å². The number of nitrogens with one attached hydrogen (secondary N) is 1. The molecule has 0 aliphatic heterocycles. The lowest BCUT2D eigenvalue weighted by Gasteiger charge is -2.10. The summed E-state index contributed by atoms with van der Waals surface area (Å²) in [6, 6.07) is 5.74. The summed E-state index contributed by atoms with van der Waals surface area (Å²) in [5.74, 6) is 0.714. The van der Waals surface area contributed by atoms with E-state index in [9.17, 15) is 0 Å². The van der Waals surface area contributed by atoms with Gasteiger partial charge in [0.15, 0.2) is 5.16 Å². The molecule has 0 aliphatic rings. The molecule has 1 unspecified atom stereocenters. The molecule has 1 atom stereocenters. The van der Waals surface area contributed by atoms with E-state index in [4.69, 9.17) is 11.5 Å². The second kappa shape index (κ2) is 5.85. The van der Waals surface area contributed by atoms with Gasteiger partial charge in [-0.2, -0.15) is 0 Å². The number of nitrogens with zero attached hydrogens (tertiary/aromatic N) is 3. The van der Waals surface area contributed by atoms with Crippen LogP contribution in [0.15, 0.2) is 34.6 Å². The Morgan fingerprint density at radius 1 is 1.21 bits per heavy atom. The summed E-state index contributed by atoms with van der Waals surface area (Å²) in [7, 11) is 1.91. The van der Waals surface area contributed by atoms with Crippen LogP contribution in [0.5, 0.6) is 0 Å². The molecule has 0 aliphatic carbocycles. The molecule has 0 spiro atoms. The van der Waals surface area contributed by atoms with Crippen molar-refractivity contribution in [1.82, 2.24) is 20.3 Å². The third kappa shape index (κ3) is 3.55. The van der Waals surface area contributed by atoms with E-state index in [1.165, 1.54) is 17.8 Å². The van der Waals surface area contributed by atoms with Gasteiger partial charge in [-0.25, -0.2) is 15.0 Å². The van der Waals surface area contributed by atoms with E-state index in [2.05, 4.69) is 27.2 Å². The molecular weight excluding hydrogens is 260 g/mol. The lowest BCUT2D eigenvalue weighted by atomic mass is 10.1. The first-order valence-electron chi connectivity index (χ1n) is 5.79. The molecule has 0 fully saturated rings. The molecule has 2 heterocycles. The summed E-state index contributed by atoms with van der Waals surface area (Å²) in [5.41, 5.74) is 12.4. The zero-order valence-electron chi connectivity index (χ0n) is 10.8. The van der Waals surface area contributed by atoms with Gasteiger partial charge in [-0.3, -0.25) is 0 Å². The van der Waals surface area contributed by atoms with Crippen molar-refractivity contribution in [3.05, 3.63) is 30.0 Å². The predicted molar refractivity (Wildman–Crippen MR) is 76.7 cm³/mol. The number of hydrogen-bond acceptors (Lipinski definition) is 7. The predicted octanol–water partition coefficient (Wildman–Crippen LogP) is 1.47. The summed E-state index contributed by atoms with van der Waals surface area (Å²) in [4.78, 5) is 12.6. The van der Waals surface area contributed by atoms with Crippen molar-refractivity contribution in [1.29, 1.82) is 0 Å². The molecule has 5 N–H and O–H groups in total. The summed E-state index contributed by atoms with van der Waals surface area (Å²) in [6.45, 7) is 2.07. The van der Waals surface area contributed by atoms with Crippen LogP contribution in [-0.2, 0) is 0 Å². The number of rotatable bonds is 4. The highest BCUT2D eigenvalue weighted by atomic mass is 32.2. The van der Waals surface area contributed by atoms with Crippen LogP contribution in [0.3, 0.4) is 0 Å². The van der Waals surface area contributed by atoms with Gasteiger partial charge in [0, 0.05) is 18.3 Å². The Bertz CT molecular complexity index is 536. The van der Waals surface area contributed by atoms with E-state index < -0.39 is 0 Å². The Morgan fingerprint density at radius 2 is 1.89 bits per heavy atom. The Kier molecular flexibility index (Phi) is 4.18. The van der Waals surface area contributed by atoms with Crippen LogP contribution in [-0.4, -0.2) is 22.0 Å². The van der Waals surface area contributed by atoms with Gasteiger partial charge in [0.1, 0.15) is 16.7 Å². The van der Waals surface area contributed by atoms with Crippen LogP contribution in [0.1, 0.15) is 18.5 Å². The maximum Gasteiger partial charge on any atom is 0.197 e. The molecule has 2 rings (SSSR count). The quantitative estimate of drug-likeness (QED) is 0.726. The van der Waals surface area contributed by atoms with Crippen molar-refractivity contribution in [3.8, 4) is 0 Å². The Labute approximate surface area is 116 Å². The lowest BCUT2D eigenvalue weighted by molar-refractivity contribution is 0.648. The third-order valence-electron chi connectivity index (χ3n) is 2.63. The van der Waals surface area contributed by atoms with E-state index in [1.807, 2.05) is 25.4 Å². The molecular formula is C12H16N6S. The minimum Gasteiger partial charge on any atom is -0.383 e. The Hall–Kier alpha value is -1.86. The number of nitrogens with two attached hydrogens (primary N) is 2. The Morgan fingerprint density at radius 3 is 2.42 bits per heavy atom. The van der Waals surface area contributed by atoms with Crippen molar-refractivity contribution < 1.29 is 0 Å². The first-order chi connectivity index (χ1) is 9.08. The van der Waals surface area contributed by atoms with Gasteiger partial charge < -0.3 is 16.8 Å². The highest BCUT2D eigenvalue weighted by molar-refractivity contribution is 7.99. The smallest absolute Gasteiger partial charge is 0.197 e. The summed E-state index contributed by atoms with van der Waals surface area (Å²) < 4.78 is 0. The van der Waals surface area contributed by atoms with E-state index in [0.29, 0.717) is 16.8 Å². The highest BCUT2D eigenvalue weighted by Gasteiger charge is 2.06. The largest absolute Gasteiger partial charge is 0.383 e. The second-order valence-electron chi connectivity index (χ2n) is 4.04. The fourth-order valence-electron chi connectivity index (χ4n) is 1.48. The zero-order chi connectivity index (χ0) is 13.8. The molecule has 19 heavy (non-hydrogen) atoms. The van der Waals surface area contributed by atoms with E-state index in [0.717, 1.165) is 10.6 Å². The van der Waals surface area contributed by atoms with Gasteiger partial charge in [0.2, 0.25) is 0 Å². The highest BCUT2D eigenvalue weighted by Crippen LogP contribution is 2.25. The molecule has 2 aromatic heterocycles. The summed E-state index contributed by atoms with van der Waals surface area (Å²) in [5, 5.41) is 4.46. The third-order valence-corrected chi connectivity index (χ3v) is 3.45. The first-order valence-corrected chi connectivity index (χ1v) is 6.61. The minimum atomic E-state index is 0.269. The lowest BCUT2D eigenvalue weighted by Crippen LogP contribution is -2.12. The topological polar surface area (TPSA) is 103 Å². The number of aromatic nitrogens is 3. The molecule has 7 heteroatoms. The molecule has 6 nitrogen and oxygen atoms in total. The van der Waals surface area contributed by atoms with Crippen molar-refractivity contribution in [2.45, 2.75) is 23.1 Å². The monoisotopic (exact) mass is 276 g/mol. The molecule has 0 amide bonds. The molecule has 0 bridgehead atoms. The van der Waals surface area contributed by atoms with Gasteiger partial charge in [-0.15, -0.1) is 0 Å². The van der Waals surface area contributed by atoms with Crippen LogP contribution in [0.25, 0.3) is 0 Å². The number of pyridine rings is 1. The molecule has 100 valence electrons. The van der Waals surface area contributed by atoms with Crippen molar-refractivity contribution in [2.24, 2.45) is 0 Å². The normalized spacial score (nSPS) is 12.3. The maximum absolute atomic E-state index is 5.62. The average Bonchev–Trinajstić information content (AvgIpc) is 2.37. The van der Waals surface area contributed by atoms with Gasteiger partial charge in [0.25, 0.3) is 0 Å². The van der Waals surface area contributed by atoms with Crippen LogP contribution >= 0.6 is 11.8 Å². The molecule has 0 saturated heterocycles. The molecule has 0 saturated carbocycles. The van der Waals surface area contributed by atoms with Gasteiger partial charge in [-0.05, 0) is 37.4 Å². The first kappa shape index (κ1) is 13.6. The van der Waals surface area contributed by atoms with E-state index in [1.54, 1.807) is 0 Å². The van der Waals surface area contributed by atoms with E-state index in [-0.39, 0.29) is 6.04 Å². The summed E-state index contributed by atoms with van der Waals surface area (Å²) >= 11 is 1.33. The Balaban J connectivity index is 2.15. The number of hydrogen-bond donors (Lipinski definition) is 3. The van der Waals surface area contributed by atoms with Crippen LogP contribution in [0.2, 0.25) is 0 Å². The molecule has 0 radical (unpaired) electrons. The fraction of sp³-hybridized carbons (Fsp3) is 0.250. The van der Waals surface area contributed by atoms with E-state index >= 15 is 0 Å². The van der Waals surface area contributed by atoms with Crippen LogP contribution in [0.4, 0.5) is 11.6 Å². The van der Waals surface area contributed by atoms with Crippen molar-refractivity contribution in [2.75, 3.05) is 18.5 Å². The van der Waals surface area contributed by atoms with Crippen molar-refractivity contribution in [3.63, 3.8) is 0 Å². The van der Waals surface area contributed by atoms with Crippen LogP contribution < -0.4 is 16.8 Å². The van der Waals surface area contributed by atoms with Gasteiger partial charge in [0.05, 0.1) is 0 Å². The maximum atomic E-state index is 5.62. The van der Waals surface area contributed by atoms with Gasteiger partial charge in [-0.1, -0.05) is 6.07 Å². The number of anilines is 2. The zero-order valence-corrected chi connectivity index (χ0v) is 11.6. The van der Waals surface area contributed by atoms with Gasteiger partial charge >= 0.3 is 0 Å². The summed E-state index contributed by atoms with van der Waals surface area (Å²) in [6.07, 6.45) is 1.83. The number of nitrogen functional groups attached to an aromatic ring is 2. The molecule has 0 aromatic carbocycles. The minimum absolute atomic E-state index is 0.269. The SMILES string of the molecule is CNC(C)c1ccc(Sc2nc(N)cc(N)n2)nc1. The second-order valence-corrected chi connectivity index (χ2v) is 5.03. The van der Waals surface area contributed by atoms with Crippen LogP contribution in [0, 0.1) is 0 Å². The fourth-order valence-corrected chi connectivity index (χ4v) is 2.21. The standard InChI is InChI=1S/C12H16N6S/c1-7(15-2)8-3-4-11(16-6-8)19-12-17-9(13)5-10(14)18-12/h3-7,15H,1-2H3,(H4,13,14,17,18). The molecule has 2 aromatic rings. The average molecular weight is 276 g/mol.